The number of carbonyl (C=O) groups excluding carboxylic acids is 1. The highest BCUT2D eigenvalue weighted by Crippen LogP contribution is 2.25. The van der Waals surface area contributed by atoms with Gasteiger partial charge in [-0.2, -0.15) is 0 Å². The predicted octanol–water partition coefficient (Wildman–Crippen LogP) is 1.08. The number of thiophene rings is 1. The third-order valence-electron chi connectivity index (χ3n) is 2.44. The number of amides is 1. The average Bonchev–Trinajstić information content (AvgIpc) is 2.79. The molecule has 0 aliphatic carbocycles. The molecule has 18 heavy (non-hydrogen) atoms. The minimum absolute atomic E-state index is 0.427. The van der Waals surface area contributed by atoms with Gasteiger partial charge in [-0.05, 0) is 17.5 Å². The van der Waals surface area contributed by atoms with Crippen molar-refractivity contribution in [3.8, 4) is 0 Å². The highest BCUT2D eigenvalue weighted by Gasteiger charge is 2.20. The zero-order chi connectivity index (χ0) is 13.1. The summed E-state index contributed by atoms with van der Waals surface area (Å²) in [5, 5.41) is 20.8. The minimum Gasteiger partial charge on any atom is -0.480 e. The molecular weight excluding hydrogens is 254 g/mol. The normalized spacial score (nSPS) is 12.3. The van der Waals surface area contributed by atoms with Crippen LogP contribution in [-0.2, 0) is 4.79 Å². The van der Waals surface area contributed by atoms with Gasteiger partial charge in [0.05, 0.1) is 11.5 Å². The van der Waals surface area contributed by atoms with Crippen LogP contribution in [0.15, 0.2) is 30.3 Å². The molecule has 0 bridgehead atoms. The molecule has 1 heterocycles. The van der Waals surface area contributed by atoms with Crippen LogP contribution in [0, 0.1) is 0 Å². The van der Waals surface area contributed by atoms with Crippen LogP contribution in [0.25, 0.3) is 10.1 Å². The lowest BCUT2D eigenvalue weighted by Crippen LogP contribution is -2.43. The number of carboxylic acids is 1. The minimum atomic E-state index is -1.28. The Morgan fingerprint density at radius 1 is 1.33 bits per heavy atom. The fourth-order valence-corrected chi connectivity index (χ4v) is 2.47. The maximum atomic E-state index is 11.8. The highest BCUT2D eigenvalue weighted by molar-refractivity contribution is 7.20. The van der Waals surface area contributed by atoms with E-state index in [9.17, 15) is 9.59 Å². The first-order valence-electron chi connectivity index (χ1n) is 5.25. The largest absolute Gasteiger partial charge is 0.480 e. The lowest BCUT2D eigenvalue weighted by atomic mass is 10.2. The van der Waals surface area contributed by atoms with E-state index in [4.69, 9.17) is 10.2 Å². The van der Waals surface area contributed by atoms with Crippen LogP contribution < -0.4 is 5.32 Å². The monoisotopic (exact) mass is 265 g/mol. The number of aliphatic hydroxyl groups excluding tert-OH is 1. The van der Waals surface area contributed by atoms with Gasteiger partial charge in [0.15, 0.2) is 6.04 Å². The molecule has 1 aromatic carbocycles. The Labute approximate surface area is 107 Å². The standard InChI is InChI=1S/C12H11NO4S/c14-6-8(12(16)17)13-11(15)10-5-7-3-1-2-4-9(7)18-10/h1-5,8,14H,6H2,(H,13,15)(H,16,17)/t8-/m0/s1. The molecule has 0 aliphatic heterocycles. The lowest BCUT2D eigenvalue weighted by molar-refractivity contribution is -0.140. The molecule has 6 heteroatoms. The molecule has 0 saturated carbocycles. The molecule has 0 radical (unpaired) electrons. The van der Waals surface area contributed by atoms with Gasteiger partial charge in [0.25, 0.3) is 5.91 Å². The van der Waals surface area contributed by atoms with E-state index in [1.165, 1.54) is 11.3 Å². The van der Waals surface area contributed by atoms with E-state index in [2.05, 4.69) is 5.32 Å². The molecule has 3 N–H and O–H groups in total. The van der Waals surface area contributed by atoms with E-state index in [1.54, 1.807) is 6.07 Å². The fourth-order valence-electron chi connectivity index (χ4n) is 1.51. The first kappa shape index (κ1) is 12.5. The van der Waals surface area contributed by atoms with Gasteiger partial charge < -0.3 is 15.5 Å². The summed E-state index contributed by atoms with van der Waals surface area (Å²) >= 11 is 1.28. The summed E-state index contributed by atoms with van der Waals surface area (Å²) in [5.41, 5.74) is 0. The van der Waals surface area contributed by atoms with Crippen LogP contribution in [0.1, 0.15) is 9.67 Å². The molecule has 2 aromatic rings. The maximum absolute atomic E-state index is 11.8. The molecule has 94 valence electrons. The summed E-state index contributed by atoms with van der Waals surface area (Å²) < 4.78 is 0.957. The summed E-state index contributed by atoms with van der Waals surface area (Å²) in [6, 6.07) is 7.92. The van der Waals surface area contributed by atoms with Crippen LogP contribution in [0.2, 0.25) is 0 Å². The lowest BCUT2D eigenvalue weighted by Gasteiger charge is -2.10. The van der Waals surface area contributed by atoms with Crippen molar-refractivity contribution in [1.29, 1.82) is 0 Å². The van der Waals surface area contributed by atoms with Crippen LogP contribution in [0.3, 0.4) is 0 Å². The third-order valence-corrected chi connectivity index (χ3v) is 3.55. The van der Waals surface area contributed by atoms with E-state index in [0.717, 1.165) is 10.1 Å². The SMILES string of the molecule is O=C(N[C@@H](CO)C(=O)O)c1cc2ccccc2s1. The van der Waals surface area contributed by atoms with Gasteiger partial charge in [0, 0.05) is 4.70 Å². The van der Waals surface area contributed by atoms with Gasteiger partial charge in [-0.25, -0.2) is 4.79 Å². The summed E-state index contributed by atoms with van der Waals surface area (Å²) in [4.78, 5) is 22.9. The number of rotatable bonds is 4. The molecule has 0 unspecified atom stereocenters. The van der Waals surface area contributed by atoms with E-state index in [1.807, 2.05) is 24.3 Å². The van der Waals surface area contributed by atoms with Crippen molar-refractivity contribution < 1.29 is 19.8 Å². The van der Waals surface area contributed by atoms with Crippen molar-refractivity contribution >= 4 is 33.3 Å². The van der Waals surface area contributed by atoms with Gasteiger partial charge in [-0.1, -0.05) is 18.2 Å². The van der Waals surface area contributed by atoms with Crippen molar-refractivity contribution in [2.75, 3.05) is 6.61 Å². The number of aliphatic hydroxyl groups is 1. The first-order chi connectivity index (χ1) is 8.61. The average molecular weight is 265 g/mol. The van der Waals surface area contributed by atoms with Gasteiger partial charge >= 0.3 is 5.97 Å². The molecule has 0 fully saturated rings. The fraction of sp³-hybridized carbons (Fsp3) is 0.167. The summed E-state index contributed by atoms with van der Waals surface area (Å²) in [7, 11) is 0. The van der Waals surface area contributed by atoms with Crippen molar-refractivity contribution in [3.05, 3.63) is 35.2 Å². The number of hydrogen-bond acceptors (Lipinski definition) is 4. The van der Waals surface area contributed by atoms with Crippen LogP contribution in [0.5, 0.6) is 0 Å². The van der Waals surface area contributed by atoms with E-state index >= 15 is 0 Å². The second-order valence-corrected chi connectivity index (χ2v) is 4.78. The van der Waals surface area contributed by atoms with Gasteiger partial charge in [-0.3, -0.25) is 4.79 Å². The Balaban J connectivity index is 2.20. The van der Waals surface area contributed by atoms with Crippen LogP contribution in [0.4, 0.5) is 0 Å². The molecular formula is C12H11NO4S. The number of benzene rings is 1. The van der Waals surface area contributed by atoms with Gasteiger partial charge in [-0.15, -0.1) is 11.3 Å². The Kier molecular flexibility index (Phi) is 3.59. The highest BCUT2D eigenvalue weighted by atomic mass is 32.1. The van der Waals surface area contributed by atoms with E-state index in [0.29, 0.717) is 4.88 Å². The number of carboxylic acid groups (broad SMARTS) is 1. The maximum Gasteiger partial charge on any atom is 0.328 e. The summed E-state index contributed by atoms with van der Waals surface area (Å²) in [5.74, 6) is -1.75. The molecule has 0 saturated heterocycles. The molecule has 1 aromatic heterocycles. The van der Waals surface area contributed by atoms with Crippen LogP contribution >= 0.6 is 11.3 Å². The molecule has 2 rings (SSSR count). The first-order valence-corrected chi connectivity index (χ1v) is 6.06. The molecule has 0 spiro atoms. The molecule has 5 nitrogen and oxygen atoms in total. The third kappa shape index (κ3) is 2.49. The summed E-state index contributed by atoms with van der Waals surface area (Å²) in [6.45, 7) is -0.633. The van der Waals surface area contributed by atoms with Crippen molar-refractivity contribution in [2.24, 2.45) is 0 Å². The molecule has 1 atom stereocenters. The van der Waals surface area contributed by atoms with Crippen molar-refractivity contribution in [1.82, 2.24) is 5.32 Å². The van der Waals surface area contributed by atoms with Crippen molar-refractivity contribution in [3.63, 3.8) is 0 Å². The molecule has 0 aliphatic rings. The topological polar surface area (TPSA) is 86.6 Å². The quantitative estimate of drug-likeness (QED) is 0.772. The second kappa shape index (κ2) is 5.16. The molecule has 1 amide bonds. The summed E-state index contributed by atoms with van der Waals surface area (Å²) in [6.07, 6.45) is 0. The van der Waals surface area contributed by atoms with Gasteiger partial charge in [0.1, 0.15) is 0 Å². The number of nitrogens with one attached hydrogen (secondary N) is 1. The van der Waals surface area contributed by atoms with Gasteiger partial charge in [0.2, 0.25) is 0 Å². The smallest absolute Gasteiger partial charge is 0.328 e. The van der Waals surface area contributed by atoms with E-state index in [-0.39, 0.29) is 0 Å². The number of fused-ring (bicyclic) bond motifs is 1. The predicted molar refractivity (Wildman–Crippen MR) is 67.8 cm³/mol. The Bertz CT molecular complexity index is 560. The van der Waals surface area contributed by atoms with Crippen molar-refractivity contribution in [2.45, 2.75) is 6.04 Å². The number of carbonyl (C=O) groups is 2. The second-order valence-electron chi connectivity index (χ2n) is 3.70. The Morgan fingerprint density at radius 2 is 2.06 bits per heavy atom. The Morgan fingerprint density at radius 3 is 2.67 bits per heavy atom. The zero-order valence-electron chi connectivity index (χ0n) is 9.29. The number of aliphatic carboxylic acids is 1. The number of hydrogen-bond donors (Lipinski definition) is 3. The zero-order valence-corrected chi connectivity index (χ0v) is 10.1. The van der Waals surface area contributed by atoms with E-state index < -0.39 is 24.5 Å². The van der Waals surface area contributed by atoms with Crippen LogP contribution in [-0.4, -0.2) is 34.7 Å². The Hall–Kier alpha value is -1.92.